The van der Waals surface area contributed by atoms with Gasteiger partial charge in [-0.05, 0) is 29.8 Å². The summed E-state index contributed by atoms with van der Waals surface area (Å²) < 4.78 is 8.13. The Kier molecular flexibility index (Phi) is 4.78. The third-order valence-corrected chi connectivity index (χ3v) is 4.61. The molecule has 5 heteroatoms. The van der Waals surface area contributed by atoms with Gasteiger partial charge in [0.2, 0.25) is 0 Å². The summed E-state index contributed by atoms with van der Waals surface area (Å²) in [4.78, 5) is 17.2. The Balaban J connectivity index is 1.95. The molecule has 0 N–H and O–H groups in total. The van der Waals surface area contributed by atoms with Gasteiger partial charge in [-0.2, -0.15) is 4.99 Å². The van der Waals surface area contributed by atoms with E-state index in [2.05, 4.69) is 10.9 Å². The van der Waals surface area contributed by atoms with Gasteiger partial charge in [0.25, 0.3) is 5.91 Å². The van der Waals surface area contributed by atoms with Gasteiger partial charge in [-0.15, -0.1) is 6.42 Å². The molecule has 1 aromatic heterocycles. The number of carbonyl (C=O) groups excluding carboxylic acids is 1. The third kappa shape index (κ3) is 3.39. The maximum atomic E-state index is 12.3. The van der Waals surface area contributed by atoms with E-state index in [-0.39, 0.29) is 12.3 Å². The zero-order chi connectivity index (χ0) is 16.9. The maximum absolute atomic E-state index is 12.3. The van der Waals surface area contributed by atoms with E-state index >= 15 is 0 Å². The van der Waals surface area contributed by atoms with Gasteiger partial charge in [0.1, 0.15) is 5.75 Å². The smallest absolute Gasteiger partial charge is 0.252 e. The van der Waals surface area contributed by atoms with Crippen LogP contribution in [0.25, 0.3) is 10.2 Å². The number of terminal acetylenes is 1. The van der Waals surface area contributed by atoms with Crippen molar-refractivity contribution in [2.24, 2.45) is 4.99 Å². The zero-order valence-electron chi connectivity index (χ0n) is 13.2. The van der Waals surface area contributed by atoms with Crippen LogP contribution in [0, 0.1) is 12.3 Å². The Morgan fingerprint density at radius 3 is 2.92 bits per heavy atom. The number of thiazole rings is 1. The molecule has 120 valence electrons. The normalized spacial score (nSPS) is 11.4. The second kappa shape index (κ2) is 7.16. The molecule has 0 unspecified atom stereocenters. The van der Waals surface area contributed by atoms with Crippen molar-refractivity contribution < 1.29 is 9.53 Å². The quantitative estimate of drug-likeness (QED) is 0.688. The first-order valence-electron chi connectivity index (χ1n) is 7.43. The van der Waals surface area contributed by atoms with Crippen molar-refractivity contribution in [1.29, 1.82) is 0 Å². The molecule has 1 heterocycles. The molecule has 0 aliphatic carbocycles. The van der Waals surface area contributed by atoms with Crippen LogP contribution in [0.3, 0.4) is 0 Å². The third-order valence-electron chi connectivity index (χ3n) is 3.55. The van der Waals surface area contributed by atoms with Crippen molar-refractivity contribution in [3.8, 4) is 18.1 Å². The van der Waals surface area contributed by atoms with Crippen molar-refractivity contribution in [2.45, 2.75) is 13.0 Å². The van der Waals surface area contributed by atoms with Crippen LogP contribution < -0.4 is 9.54 Å². The lowest BCUT2D eigenvalue weighted by Crippen LogP contribution is -2.17. The van der Waals surface area contributed by atoms with E-state index in [9.17, 15) is 4.79 Å². The lowest BCUT2D eigenvalue weighted by molar-refractivity contribution is -0.117. The van der Waals surface area contributed by atoms with Gasteiger partial charge in [0.05, 0.1) is 30.3 Å². The fraction of sp³-hybridized carbons (Fsp3) is 0.158. The molecule has 0 spiro atoms. The Morgan fingerprint density at radius 2 is 2.12 bits per heavy atom. The van der Waals surface area contributed by atoms with Crippen molar-refractivity contribution in [1.82, 2.24) is 4.57 Å². The van der Waals surface area contributed by atoms with Crippen molar-refractivity contribution >= 4 is 27.5 Å². The molecule has 1 amide bonds. The number of hydrogen-bond acceptors (Lipinski definition) is 3. The highest BCUT2D eigenvalue weighted by Gasteiger charge is 2.08. The fourth-order valence-corrected chi connectivity index (χ4v) is 3.50. The maximum Gasteiger partial charge on any atom is 0.252 e. The number of amides is 1. The standard InChI is InChI=1S/C19H16N2O2S/c1-3-11-21-16-9-4-5-10-17(16)24-19(21)20-18(22)13-14-7-6-8-15(12-14)23-2/h1,4-10,12H,11,13H2,2H3. The second-order valence-corrected chi connectivity index (χ2v) is 6.19. The summed E-state index contributed by atoms with van der Waals surface area (Å²) in [6, 6.07) is 15.3. The minimum Gasteiger partial charge on any atom is -0.497 e. The van der Waals surface area contributed by atoms with Crippen LogP contribution >= 0.6 is 11.3 Å². The first kappa shape index (κ1) is 16.0. The minimum atomic E-state index is -0.208. The van der Waals surface area contributed by atoms with E-state index in [1.165, 1.54) is 11.3 Å². The van der Waals surface area contributed by atoms with Crippen LogP contribution in [0.5, 0.6) is 5.75 Å². The highest BCUT2D eigenvalue weighted by Crippen LogP contribution is 2.17. The monoisotopic (exact) mass is 336 g/mol. The molecule has 2 aromatic carbocycles. The molecular formula is C19H16N2O2S. The minimum absolute atomic E-state index is 0.208. The molecule has 0 fully saturated rings. The Morgan fingerprint density at radius 1 is 1.29 bits per heavy atom. The number of hydrogen-bond donors (Lipinski definition) is 0. The topological polar surface area (TPSA) is 43.6 Å². The predicted octanol–water partition coefficient (Wildman–Crippen LogP) is 3.01. The van der Waals surface area contributed by atoms with Crippen LogP contribution in [0.15, 0.2) is 53.5 Å². The summed E-state index contributed by atoms with van der Waals surface area (Å²) >= 11 is 1.47. The number of para-hydroxylation sites is 1. The second-order valence-electron chi connectivity index (χ2n) is 5.18. The van der Waals surface area contributed by atoms with Gasteiger partial charge in [0, 0.05) is 0 Å². The molecule has 0 atom stereocenters. The molecule has 0 saturated heterocycles. The summed E-state index contributed by atoms with van der Waals surface area (Å²) in [5.41, 5.74) is 1.86. The first-order valence-corrected chi connectivity index (χ1v) is 8.25. The van der Waals surface area contributed by atoms with Crippen molar-refractivity contribution in [3.63, 3.8) is 0 Å². The molecule has 0 bridgehead atoms. The van der Waals surface area contributed by atoms with Gasteiger partial charge in [-0.3, -0.25) is 4.79 Å². The summed E-state index contributed by atoms with van der Waals surface area (Å²) in [6.45, 7) is 0.384. The van der Waals surface area contributed by atoms with Gasteiger partial charge in [-0.1, -0.05) is 41.5 Å². The number of benzene rings is 2. The van der Waals surface area contributed by atoms with Crippen LogP contribution in [0.1, 0.15) is 5.56 Å². The zero-order valence-corrected chi connectivity index (χ0v) is 14.0. The predicted molar refractivity (Wildman–Crippen MR) is 95.9 cm³/mol. The average Bonchev–Trinajstić information content (AvgIpc) is 2.93. The lowest BCUT2D eigenvalue weighted by atomic mass is 10.1. The average molecular weight is 336 g/mol. The van der Waals surface area contributed by atoms with E-state index in [1.54, 1.807) is 7.11 Å². The number of methoxy groups -OCH3 is 1. The van der Waals surface area contributed by atoms with E-state index in [0.717, 1.165) is 21.5 Å². The molecule has 3 rings (SSSR count). The molecule has 0 aliphatic heterocycles. The van der Waals surface area contributed by atoms with Crippen LogP contribution in [0.4, 0.5) is 0 Å². The van der Waals surface area contributed by atoms with E-state index in [4.69, 9.17) is 11.2 Å². The molecule has 0 saturated carbocycles. The molecule has 3 aromatic rings. The molecule has 0 radical (unpaired) electrons. The van der Waals surface area contributed by atoms with Gasteiger partial charge in [0.15, 0.2) is 4.80 Å². The SMILES string of the molecule is C#CCn1c(=NC(=O)Cc2cccc(OC)c2)sc2ccccc21. The van der Waals surface area contributed by atoms with Crippen molar-refractivity contribution in [2.75, 3.05) is 7.11 Å². The van der Waals surface area contributed by atoms with E-state index in [1.807, 2.05) is 53.1 Å². The fourth-order valence-electron chi connectivity index (χ4n) is 2.45. The van der Waals surface area contributed by atoms with Crippen LogP contribution in [0.2, 0.25) is 0 Å². The van der Waals surface area contributed by atoms with Crippen LogP contribution in [-0.4, -0.2) is 17.6 Å². The number of ether oxygens (including phenoxy) is 1. The van der Waals surface area contributed by atoms with E-state index < -0.39 is 0 Å². The van der Waals surface area contributed by atoms with Crippen LogP contribution in [-0.2, 0) is 17.8 Å². The summed E-state index contributed by atoms with van der Waals surface area (Å²) in [5.74, 6) is 3.14. The molecule has 24 heavy (non-hydrogen) atoms. The van der Waals surface area contributed by atoms with Gasteiger partial charge in [-0.25, -0.2) is 0 Å². The molecular weight excluding hydrogens is 320 g/mol. The molecule has 4 nitrogen and oxygen atoms in total. The lowest BCUT2D eigenvalue weighted by Gasteiger charge is -2.02. The molecule has 0 aliphatic rings. The number of rotatable bonds is 4. The Labute approximate surface area is 144 Å². The van der Waals surface area contributed by atoms with Crippen molar-refractivity contribution in [3.05, 3.63) is 58.9 Å². The van der Waals surface area contributed by atoms with Gasteiger partial charge < -0.3 is 9.30 Å². The Bertz CT molecular complexity index is 992. The number of carbonyl (C=O) groups is 1. The highest BCUT2D eigenvalue weighted by atomic mass is 32.1. The number of fused-ring (bicyclic) bond motifs is 1. The largest absolute Gasteiger partial charge is 0.497 e. The highest BCUT2D eigenvalue weighted by molar-refractivity contribution is 7.16. The summed E-state index contributed by atoms with van der Waals surface area (Å²) in [6.07, 6.45) is 5.68. The first-order chi connectivity index (χ1) is 11.7. The van der Waals surface area contributed by atoms with E-state index in [0.29, 0.717) is 11.3 Å². The Hall–Kier alpha value is -2.84. The van der Waals surface area contributed by atoms with Gasteiger partial charge >= 0.3 is 0 Å². The summed E-state index contributed by atoms with van der Waals surface area (Å²) in [7, 11) is 1.60. The summed E-state index contributed by atoms with van der Waals surface area (Å²) in [5, 5.41) is 0. The number of aromatic nitrogens is 1. The number of nitrogens with zero attached hydrogens (tertiary/aromatic N) is 2.